The maximum Gasteiger partial charge on any atom is 0.315 e. The number of phenolic OH excluding ortho intramolecular Hbond substituents is 1. The van der Waals surface area contributed by atoms with Gasteiger partial charge in [-0.1, -0.05) is 35.9 Å². The molecular formula is C20H26N2O2. The average Bonchev–Trinajstić information content (AvgIpc) is 2.55. The molecule has 0 fully saturated rings. The molecule has 2 aromatic rings. The lowest BCUT2D eigenvalue weighted by Gasteiger charge is -2.15. The molecule has 24 heavy (non-hydrogen) atoms. The van der Waals surface area contributed by atoms with Gasteiger partial charge in [-0.3, -0.25) is 0 Å². The van der Waals surface area contributed by atoms with Crippen molar-refractivity contribution in [1.82, 2.24) is 10.6 Å². The Labute approximate surface area is 143 Å². The molecule has 128 valence electrons. The first-order valence-corrected chi connectivity index (χ1v) is 8.32. The Kier molecular flexibility index (Phi) is 6.24. The van der Waals surface area contributed by atoms with Gasteiger partial charge in [0.2, 0.25) is 0 Å². The number of carbonyl (C=O) groups excluding carboxylic acids is 1. The SMILES string of the molecule is Cc1ccc(C)c(CNC(=O)NC(C)CCc2ccc(O)cc2)c1. The van der Waals surface area contributed by atoms with Crippen molar-refractivity contribution in [1.29, 1.82) is 0 Å². The zero-order chi connectivity index (χ0) is 17.5. The third-order valence-electron chi connectivity index (χ3n) is 4.12. The van der Waals surface area contributed by atoms with E-state index in [1.54, 1.807) is 12.1 Å². The summed E-state index contributed by atoms with van der Waals surface area (Å²) >= 11 is 0. The first kappa shape index (κ1) is 17.9. The number of aromatic hydroxyl groups is 1. The van der Waals surface area contributed by atoms with Gasteiger partial charge in [-0.25, -0.2) is 4.79 Å². The number of rotatable bonds is 6. The van der Waals surface area contributed by atoms with Crippen LogP contribution in [-0.4, -0.2) is 17.2 Å². The van der Waals surface area contributed by atoms with E-state index >= 15 is 0 Å². The van der Waals surface area contributed by atoms with E-state index in [0.29, 0.717) is 6.54 Å². The predicted octanol–water partition coefficient (Wildman–Crippen LogP) is 3.83. The largest absolute Gasteiger partial charge is 0.508 e. The second-order valence-electron chi connectivity index (χ2n) is 6.36. The molecule has 0 heterocycles. The third kappa shape index (κ3) is 5.61. The summed E-state index contributed by atoms with van der Waals surface area (Å²) in [7, 11) is 0. The Morgan fingerprint density at radius 2 is 1.83 bits per heavy atom. The van der Waals surface area contributed by atoms with Gasteiger partial charge >= 0.3 is 6.03 Å². The van der Waals surface area contributed by atoms with E-state index in [9.17, 15) is 9.90 Å². The summed E-state index contributed by atoms with van der Waals surface area (Å²) < 4.78 is 0. The van der Waals surface area contributed by atoms with Gasteiger partial charge in [0.25, 0.3) is 0 Å². The van der Waals surface area contributed by atoms with E-state index in [1.165, 1.54) is 11.1 Å². The van der Waals surface area contributed by atoms with Crippen molar-refractivity contribution < 1.29 is 9.90 Å². The minimum atomic E-state index is -0.144. The molecule has 4 nitrogen and oxygen atoms in total. The Balaban J connectivity index is 1.75. The fourth-order valence-corrected chi connectivity index (χ4v) is 2.56. The summed E-state index contributed by atoms with van der Waals surface area (Å²) in [4.78, 5) is 12.0. The molecule has 0 aliphatic heterocycles. The molecule has 2 amide bonds. The highest BCUT2D eigenvalue weighted by atomic mass is 16.3. The van der Waals surface area contributed by atoms with Crippen molar-refractivity contribution in [3.63, 3.8) is 0 Å². The molecule has 0 aliphatic carbocycles. The fourth-order valence-electron chi connectivity index (χ4n) is 2.56. The Morgan fingerprint density at radius 3 is 2.54 bits per heavy atom. The molecule has 0 saturated heterocycles. The van der Waals surface area contributed by atoms with Crippen molar-refractivity contribution in [2.24, 2.45) is 0 Å². The Bertz CT molecular complexity index is 681. The molecule has 2 aromatic carbocycles. The standard InChI is InChI=1S/C20H26N2O2/c1-14-4-5-15(2)18(12-14)13-21-20(24)22-16(3)6-7-17-8-10-19(23)11-9-17/h4-5,8-12,16,23H,6-7,13H2,1-3H3,(H2,21,22,24). The molecule has 0 spiro atoms. The van der Waals surface area contributed by atoms with Crippen LogP contribution in [0.25, 0.3) is 0 Å². The Morgan fingerprint density at radius 1 is 1.12 bits per heavy atom. The number of carbonyl (C=O) groups is 1. The summed E-state index contributed by atoms with van der Waals surface area (Å²) in [5.41, 5.74) is 4.67. The summed E-state index contributed by atoms with van der Waals surface area (Å²) in [6.07, 6.45) is 1.71. The lowest BCUT2D eigenvalue weighted by Crippen LogP contribution is -2.40. The number of amides is 2. The van der Waals surface area contributed by atoms with Crippen LogP contribution in [0.4, 0.5) is 4.79 Å². The van der Waals surface area contributed by atoms with Crippen molar-refractivity contribution in [2.45, 2.75) is 46.2 Å². The number of nitrogens with one attached hydrogen (secondary N) is 2. The van der Waals surface area contributed by atoms with Gasteiger partial charge in [0.1, 0.15) is 5.75 Å². The van der Waals surface area contributed by atoms with Crippen LogP contribution >= 0.6 is 0 Å². The first-order chi connectivity index (χ1) is 11.4. The summed E-state index contributed by atoms with van der Waals surface area (Å²) in [6, 6.07) is 13.4. The van der Waals surface area contributed by atoms with Crippen molar-refractivity contribution in [3.05, 3.63) is 64.7 Å². The zero-order valence-electron chi connectivity index (χ0n) is 14.6. The number of aryl methyl sites for hydroxylation is 3. The maximum absolute atomic E-state index is 12.0. The van der Waals surface area contributed by atoms with Gasteiger partial charge in [-0.15, -0.1) is 0 Å². The predicted molar refractivity (Wildman–Crippen MR) is 97.2 cm³/mol. The fraction of sp³-hybridized carbons (Fsp3) is 0.350. The normalized spacial score (nSPS) is 11.8. The van der Waals surface area contributed by atoms with Gasteiger partial charge < -0.3 is 15.7 Å². The molecular weight excluding hydrogens is 300 g/mol. The van der Waals surface area contributed by atoms with E-state index < -0.39 is 0 Å². The lowest BCUT2D eigenvalue weighted by molar-refractivity contribution is 0.237. The van der Waals surface area contributed by atoms with Gasteiger partial charge in [-0.2, -0.15) is 0 Å². The average molecular weight is 326 g/mol. The molecule has 4 heteroatoms. The van der Waals surface area contributed by atoms with Crippen molar-refractivity contribution in [2.75, 3.05) is 0 Å². The van der Waals surface area contributed by atoms with E-state index in [2.05, 4.69) is 42.7 Å². The lowest BCUT2D eigenvalue weighted by atomic mass is 10.1. The third-order valence-corrected chi connectivity index (χ3v) is 4.12. The van der Waals surface area contributed by atoms with E-state index in [-0.39, 0.29) is 17.8 Å². The smallest absolute Gasteiger partial charge is 0.315 e. The maximum atomic E-state index is 12.0. The van der Waals surface area contributed by atoms with Crippen molar-refractivity contribution in [3.8, 4) is 5.75 Å². The molecule has 1 atom stereocenters. The summed E-state index contributed by atoms with van der Waals surface area (Å²) in [6.45, 7) is 6.63. The van der Waals surface area contributed by atoms with Crippen LogP contribution < -0.4 is 10.6 Å². The van der Waals surface area contributed by atoms with E-state index in [4.69, 9.17) is 0 Å². The summed E-state index contributed by atoms with van der Waals surface area (Å²) in [5, 5.41) is 15.2. The van der Waals surface area contributed by atoms with Gasteiger partial charge in [0.15, 0.2) is 0 Å². The van der Waals surface area contributed by atoms with Crippen LogP contribution in [0.1, 0.15) is 35.6 Å². The molecule has 0 radical (unpaired) electrons. The van der Waals surface area contributed by atoms with Gasteiger partial charge in [-0.05, 0) is 62.4 Å². The number of urea groups is 1. The summed E-state index contributed by atoms with van der Waals surface area (Å²) in [5.74, 6) is 0.274. The van der Waals surface area contributed by atoms with Crippen LogP contribution in [-0.2, 0) is 13.0 Å². The molecule has 2 rings (SSSR count). The molecule has 0 bridgehead atoms. The van der Waals surface area contributed by atoms with Gasteiger partial charge in [0.05, 0.1) is 0 Å². The highest BCUT2D eigenvalue weighted by Gasteiger charge is 2.08. The minimum Gasteiger partial charge on any atom is -0.508 e. The monoisotopic (exact) mass is 326 g/mol. The Hall–Kier alpha value is -2.49. The molecule has 0 saturated carbocycles. The highest BCUT2D eigenvalue weighted by Crippen LogP contribution is 2.12. The minimum absolute atomic E-state index is 0.0809. The van der Waals surface area contributed by atoms with Crippen LogP contribution in [0.3, 0.4) is 0 Å². The van der Waals surface area contributed by atoms with Crippen LogP contribution in [0.5, 0.6) is 5.75 Å². The number of benzene rings is 2. The van der Waals surface area contributed by atoms with Crippen LogP contribution in [0.15, 0.2) is 42.5 Å². The van der Waals surface area contributed by atoms with Crippen molar-refractivity contribution >= 4 is 6.03 Å². The molecule has 1 unspecified atom stereocenters. The van der Waals surface area contributed by atoms with Gasteiger partial charge in [0, 0.05) is 12.6 Å². The molecule has 0 aromatic heterocycles. The van der Waals surface area contributed by atoms with Crippen LogP contribution in [0, 0.1) is 13.8 Å². The number of phenols is 1. The van der Waals surface area contributed by atoms with E-state index in [0.717, 1.165) is 24.0 Å². The number of hydrogen-bond donors (Lipinski definition) is 3. The number of hydrogen-bond acceptors (Lipinski definition) is 2. The second-order valence-corrected chi connectivity index (χ2v) is 6.36. The molecule has 3 N–H and O–H groups in total. The van der Waals surface area contributed by atoms with E-state index in [1.807, 2.05) is 19.1 Å². The van der Waals surface area contributed by atoms with Crippen LogP contribution in [0.2, 0.25) is 0 Å². The highest BCUT2D eigenvalue weighted by molar-refractivity contribution is 5.74. The topological polar surface area (TPSA) is 61.4 Å². The second kappa shape index (κ2) is 8.39. The quantitative estimate of drug-likeness (QED) is 0.755. The molecule has 0 aliphatic rings. The zero-order valence-corrected chi connectivity index (χ0v) is 14.6. The first-order valence-electron chi connectivity index (χ1n) is 8.32.